The maximum Gasteiger partial charge on any atom is 0.251 e. The lowest BCUT2D eigenvalue weighted by molar-refractivity contribution is -0.121. The van der Waals surface area contributed by atoms with E-state index >= 15 is 0 Å². The molecule has 1 aromatic carbocycles. The van der Waals surface area contributed by atoms with Crippen LogP contribution in [0, 0.1) is 0 Å². The Morgan fingerprint density at radius 1 is 1.04 bits per heavy atom. The topological polar surface area (TPSA) is 73.5 Å². The molecule has 126 valence electrons. The number of nitrogens with zero attached hydrogens (tertiary/aromatic N) is 1. The van der Waals surface area contributed by atoms with Crippen molar-refractivity contribution in [3.05, 3.63) is 35.9 Å². The van der Waals surface area contributed by atoms with Gasteiger partial charge in [0.25, 0.3) is 5.91 Å². The largest absolute Gasteiger partial charge is 0.355 e. The first-order chi connectivity index (χ1) is 11.3. The number of carbonyl (C=O) groups excluding carboxylic acids is 2. The van der Waals surface area contributed by atoms with Crippen LogP contribution < -0.4 is 16.0 Å². The Bertz CT molecular complexity index is 487. The zero-order valence-electron chi connectivity index (χ0n) is 13.5. The highest BCUT2D eigenvalue weighted by Crippen LogP contribution is 1.98. The van der Waals surface area contributed by atoms with E-state index < -0.39 is 0 Å². The van der Waals surface area contributed by atoms with E-state index in [1.54, 1.807) is 12.1 Å². The number of rotatable bonds is 8. The lowest BCUT2D eigenvalue weighted by Crippen LogP contribution is -2.46. The van der Waals surface area contributed by atoms with Crippen LogP contribution in [0.1, 0.15) is 23.2 Å². The van der Waals surface area contributed by atoms with Gasteiger partial charge in [0.1, 0.15) is 0 Å². The number of hydrogen-bond acceptors (Lipinski definition) is 4. The van der Waals surface area contributed by atoms with E-state index in [1.165, 1.54) is 0 Å². The van der Waals surface area contributed by atoms with Gasteiger partial charge >= 0.3 is 0 Å². The molecule has 2 amide bonds. The number of piperazine rings is 1. The van der Waals surface area contributed by atoms with Crippen LogP contribution in [0.4, 0.5) is 0 Å². The average Bonchev–Trinajstić information content (AvgIpc) is 2.60. The standard InChI is InChI=1S/C17H26N4O2/c22-16(19-11-14-21-12-9-18-10-13-21)7-4-8-20-17(23)15-5-2-1-3-6-15/h1-3,5-6,18H,4,7-14H2,(H,19,22)(H,20,23). The molecule has 23 heavy (non-hydrogen) atoms. The molecule has 0 unspecified atom stereocenters. The summed E-state index contributed by atoms with van der Waals surface area (Å²) in [5.74, 6) is -0.0428. The van der Waals surface area contributed by atoms with Gasteiger partial charge in [0.15, 0.2) is 0 Å². The molecule has 0 spiro atoms. The highest BCUT2D eigenvalue weighted by atomic mass is 16.2. The number of carbonyl (C=O) groups is 2. The number of benzene rings is 1. The first-order valence-corrected chi connectivity index (χ1v) is 8.29. The summed E-state index contributed by atoms with van der Waals surface area (Å²) in [5, 5.41) is 9.07. The Balaban J connectivity index is 1.50. The van der Waals surface area contributed by atoms with Gasteiger partial charge in [-0.2, -0.15) is 0 Å². The van der Waals surface area contributed by atoms with Crippen molar-refractivity contribution < 1.29 is 9.59 Å². The maximum absolute atomic E-state index is 11.8. The molecular formula is C17H26N4O2. The summed E-state index contributed by atoms with van der Waals surface area (Å²) in [6.45, 7) is 6.24. The van der Waals surface area contributed by atoms with Crippen molar-refractivity contribution in [2.75, 3.05) is 45.8 Å². The third kappa shape index (κ3) is 6.80. The Morgan fingerprint density at radius 2 is 1.78 bits per heavy atom. The predicted octanol–water partition coefficient (Wildman–Crippen LogP) is 0.218. The van der Waals surface area contributed by atoms with Crippen LogP contribution in [0.2, 0.25) is 0 Å². The summed E-state index contributed by atoms with van der Waals surface area (Å²) in [5.41, 5.74) is 0.646. The Kier molecular flexibility index (Phi) is 7.56. The van der Waals surface area contributed by atoms with E-state index in [0.717, 1.165) is 32.7 Å². The second-order valence-electron chi connectivity index (χ2n) is 5.67. The van der Waals surface area contributed by atoms with Gasteiger partial charge in [-0.1, -0.05) is 18.2 Å². The van der Waals surface area contributed by atoms with E-state index in [2.05, 4.69) is 20.9 Å². The molecule has 6 heteroatoms. The third-order valence-electron chi connectivity index (χ3n) is 3.86. The summed E-state index contributed by atoms with van der Waals surface area (Å²) in [4.78, 5) is 25.9. The molecule has 0 atom stereocenters. The molecule has 3 N–H and O–H groups in total. The highest BCUT2D eigenvalue weighted by Gasteiger charge is 2.09. The molecule has 0 radical (unpaired) electrons. The highest BCUT2D eigenvalue weighted by molar-refractivity contribution is 5.94. The van der Waals surface area contributed by atoms with Gasteiger partial charge in [-0.25, -0.2) is 0 Å². The van der Waals surface area contributed by atoms with E-state index in [0.29, 0.717) is 31.5 Å². The van der Waals surface area contributed by atoms with Gasteiger partial charge in [-0.3, -0.25) is 14.5 Å². The van der Waals surface area contributed by atoms with Crippen LogP contribution in [0.15, 0.2) is 30.3 Å². The summed E-state index contributed by atoms with van der Waals surface area (Å²) in [6.07, 6.45) is 1.09. The van der Waals surface area contributed by atoms with Gasteiger partial charge in [-0.15, -0.1) is 0 Å². The first-order valence-electron chi connectivity index (χ1n) is 8.29. The summed E-state index contributed by atoms with van der Waals surface area (Å²) in [7, 11) is 0. The summed E-state index contributed by atoms with van der Waals surface area (Å²) >= 11 is 0. The molecule has 1 aliphatic heterocycles. The molecule has 1 aliphatic rings. The van der Waals surface area contributed by atoms with Crippen LogP contribution in [-0.2, 0) is 4.79 Å². The van der Waals surface area contributed by atoms with Crippen molar-refractivity contribution >= 4 is 11.8 Å². The SMILES string of the molecule is O=C(CCCNC(=O)c1ccccc1)NCCN1CCNCC1. The summed E-state index contributed by atoms with van der Waals surface area (Å²) < 4.78 is 0. The van der Waals surface area contributed by atoms with E-state index in [9.17, 15) is 9.59 Å². The van der Waals surface area contributed by atoms with Gasteiger partial charge in [0.2, 0.25) is 5.91 Å². The van der Waals surface area contributed by atoms with Crippen molar-refractivity contribution in [2.45, 2.75) is 12.8 Å². The molecule has 1 fully saturated rings. The average molecular weight is 318 g/mol. The molecule has 0 saturated carbocycles. The van der Waals surface area contributed by atoms with Crippen molar-refractivity contribution in [1.82, 2.24) is 20.9 Å². The molecule has 1 aromatic rings. The van der Waals surface area contributed by atoms with Gasteiger partial charge < -0.3 is 16.0 Å². The zero-order valence-corrected chi connectivity index (χ0v) is 13.5. The lowest BCUT2D eigenvalue weighted by Gasteiger charge is -2.27. The normalized spacial score (nSPS) is 15.1. The second-order valence-corrected chi connectivity index (χ2v) is 5.67. The maximum atomic E-state index is 11.8. The van der Waals surface area contributed by atoms with Crippen LogP contribution in [-0.4, -0.2) is 62.5 Å². The number of amides is 2. The fourth-order valence-electron chi connectivity index (χ4n) is 2.52. The minimum Gasteiger partial charge on any atom is -0.355 e. The molecule has 1 saturated heterocycles. The molecule has 0 bridgehead atoms. The van der Waals surface area contributed by atoms with Crippen molar-refractivity contribution in [1.29, 1.82) is 0 Å². The minimum atomic E-state index is -0.0929. The van der Waals surface area contributed by atoms with Crippen LogP contribution in [0.3, 0.4) is 0 Å². The fraction of sp³-hybridized carbons (Fsp3) is 0.529. The fourth-order valence-corrected chi connectivity index (χ4v) is 2.52. The molecule has 2 rings (SSSR count). The monoisotopic (exact) mass is 318 g/mol. The molecule has 0 aliphatic carbocycles. The smallest absolute Gasteiger partial charge is 0.251 e. The van der Waals surface area contributed by atoms with Gasteiger partial charge in [-0.05, 0) is 18.6 Å². The van der Waals surface area contributed by atoms with Crippen LogP contribution in [0.5, 0.6) is 0 Å². The van der Waals surface area contributed by atoms with Gasteiger partial charge in [0, 0.05) is 57.8 Å². The van der Waals surface area contributed by atoms with Crippen molar-refractivity contribution in [3.63, 3.8) is 0 Å². The van der Waals surface area contributed by atoms with Gasteiger partial charge in [0.05, 0.1) is 0 Å². The van der Waals surface area contributed by atoms with E-state index in [1.807, 2.05) is 18.2 Å². The first kappa shape index (κ1) is 17.4. The minimum absolute atomic E-state index is 0.0501. The molecule has 1 heterocycles. The van der Waals surface area contributed by atoms with Crippen molar-refractivity contribution in [2.24, 2.45) is 0 Å². The van der Waals surface area contributed by atoms with E-state index in [-0.39, 0.29) is 11.8 Å². The number of nitrogens with one attached hydrogen (secondary N) is 3. The third-order valence-corrected chi connectivity index (χ3v) is 3.86. The Labute approximate surface area is 137 Å². The van der Waals surface area contributed by atoms with Crippen molar-refractivity contribution in [3.8, 4) is 0 Å². The molecule has 0 aromatic heterocycles. The quantitative estimate of drug-likeness (QED) is 0.600. The van der Waals surface area contributed by atoms with E-state index in [4.69, 9.17) is 0 Å². The Morgan fingerprint density at radius 3 is 2.52 bits per heavy atom. The Hall–Kier alpha value is -1.92. The lowest BCUT2D eigenvalue weighted by atomic mass is 10.2. The second kappa shape index (κ2) is 9.97. The zero-order chi connectivity index (χ0) is 16.3. The summed E-state index contributed by atoms with van der Waals surface area (Å²) in [6, 6.07) is 9.10. The van der Waals surface area contributed by atoms with Crippen LogP contribution in [0.25, 0.3) is 0 Å². The van der Waals surface area contributed by atoms with Crippen LogP contribution >= 0.6 is 0 Å². The predicted molar refractivity (Wildman–Crippen MR) is 90.3 cm³/mol. The number of hydrogen-bond donors (Lipinski definition) is 3. The molecular weight excluding hydrogens is 292 g/mol. The molecule has 6 nitrogen and oxygen atoms in total.